The van der Waals surface area contributed by atoms with Gasteiger partial charge in [0, 0.05) is 12.6 Å². The number of para-hydroxylation sites is 2. The summed E-state index contributed by atoms with van der Waals surface area (Å²) in [5.41, 5.74) is 0.513. The fourth-order valence-electron chi connectivity index (χ4n) is 1.99. The molecule has 0 unspecified atom stereocenters. The second-order valence-electron chi connectivity index (χ2n) is 5.13. The molecule has 2 aromatic rings. The van der Waals surface area contributed by atoms with Crippen molar-refractivity contribution < 1.29 is 21.6 Å². The van der Waals surface area contributed by atoms with Crippen LogP contribution in [0.2, 0.25) is 0 Å². The van der Waals surface area contributed by atoms with E-state index < -0.39 is 20.0 Å². The highest BCUT2D eigenvalue weighted by Gasteiger charge is 2.17. The molecule has 0 saturated heterocycles. The first-order chi connectivity index (χ1) is 11.6. The molecular weight excluding hydrogens is 366 g/mol. The van der Waals surface area contributed by atoms with E-state index in [-0.39, 0.29) is 22.2 Å². The Kier molecular flexibility index (Phi) is 5.33. The number of hydrogen-bond donors (Lipinski definition) is 3. The molecule has 0 aliphatic heterocycles. The smallest absolute Gasteiger partial charge is 0.261 e. The molecule has 0 radical (unpaired) electrons. The van der Waals surface area contributed by atoms with E-state index in [0.29, 0.717) is 5.56 Å². The molecule has 0 fully saturated rings. The molecule has 0 aromatic heterocycles. The van der Waals surface area contributed by atoms with E-state index in [1.807, 2.05) is 0 Å². The lowest BCUT2D eigenvalue weighted by atomic mass is 10.2. The third-order valence-corrected chi connectivity index (χ3v) is 5.09. The molecule has 0 atom stereocenters. The maximum atomic E-state index is 12.5. The van der Waals surface area contributed by atoms with Crippen LogP contribution in [-0.2, 0) is 20.0 Å². The Morgan fingerprint density at radius 3 is 1.84 bits per heavy atom. The van der Waals surface area contributed by atoms with Crippen molar-refractivity contribution in [3.8, 4) is 0 Å². The van der Waals surface area contributed by atoms with Gasteiger partial charge in [-0.3, -0.25) is 14.2 Å². The monoisotopic (exact) mass is 383 g/mol. The maximum Gasteiger partial charge on any atom is 0.261 e. The van der Waals surface area contributed by atoms with Gasteiger partial charge in [0.15, 0.2) is 0 Å². The molecular formula is C15H17N3O5S2. The van der Waals surface area contributed by atoms with Crippen LogP contribution in [0.1, 0.15) is 10.4 Å². The fraction of sp³-hybridized carbons (Fsp3) is 0.133. The first kappa shape index (κ1) is 18.7. The molecule has 3 N–H and O–H groups in total. The number of benzene rings is 2. The minimum absolute atomic E-state index is 0.0608. The standard InChI is InChI=1S/C15H17N3O5S2/c1-16-15(19)11-7-9-12(10-8-11)25(22,23)18-14-6-4-3-5-13(14)17-24(2,20)21/h3-10,17-18H,1-2H3,(H,16,19). The highest BCUT2D eigenvalue weighted by molar-refractivity contribution is 7.93. The second kappa shape index (κ2) is 7.11. The van der Waals surface area contributed by atoms with Crippen molar-refractivity contribution in [1.29, 1.82) is 0 Å². The molecule has 0 spiro atoms. The molecule has 8 nitrogen and oxygen atoms in total. The number of carbonyl (C=O) groups is 1. The minimum atomic E-state index is -3.96. The number of carbonyl (C=O) groups excluding carboxylic acids is 1. The Bertz CT molecular complexity index is 984. The van der Waals surface area contributed by atoms with Gasteiger partial charge in [0.2, 0.25) is 10.0 Å². The van der Waals surface area contributed by atoms with E-state index in [0.717, 1.165) is 6.26 Å². The van der Waals surface area contributed by atoms with Crippen LogP contribution in [-0.4, -0.2) is 36.0 Å². The Balaban J connectivity index is 2.32. The van der Waals surface area contributed by atoms with Gasteiger partial charge in [-0.15, -0.1) is 0 Å². The van der Waals surface area contributed by atoms with Gasteiger partial charge in [-0.05, 0) is 36.4 Å². The van der Waals surface area contributed by atoms with Crippen LogP contribution in [0.4, 0.5) is 11.4 Å². The van der Waals surface area contributed by atoms with Crippen LogP contribution in [0.5, 0.6) is 0 Å². The summed E-state index contributed by atoms with van der Waals surface area (Å²) >= 11 is 0. The summed E-state index contributed by atoms with van der Waals surface area (Å²) in [5, 5.41) is 2.44. The molecule has 134 valence electrons. The highest BCUT2D eigenvalue weighted by Crippen LogP contribution is 2.25. The largest absolute Gasteiger partial charge is 0.355 e. The van der Waals surface area contributed by atoms with Gasteiger partial charge >= 0.3 is 0 Å². The summed E-state index contributed by atoms with van der Waals surface area (Å²) in [6.45, 7) is 0. The number of amides is 1. The average Bonchev–Trinajstić information content (AvgIpc) is 2.54. The molecule has 1 amide bonds. The van der Waals surface area contributed by atoms with Crippen molar-refractivity contribution in [1.82, 2.24) is 5.32 Å². The third-order valence-electron chi connectivity index (χ3n) is 3.12. The van der Waals surface area contributed by atoms with Crippen molar-refractivity contribution in [3.63, 3.8) is 0 Å². The van der Waals surface area contributed by atoms with Crippen LogP contribution in [0.3, 0.4) is 0 Å². The van der Waals surface area contributed by atoms with Crippen LogP contribution in [0.15, 0.2) is 53.4 Å². The van der Waals surface area contributed by atoms with E-state index >= 15 is 0 Å². The van der Waals surface area contributed by atoms with Crippen LogP contribution in [0.25, 0.3) is 0 Å². The summed E-state index contributed by atoms with van der Waals surface area (Å²) in [6, 6.07) is 11.4. The lowest BCUT2D eigenvalue weighted by Crippen LogP contribution is -2.19. The molecule has 0 aliphatic rings. The normalized spacial score (nSPS) is 11.6. The maximum absolute atomic E-state index is 12.5. The van der Waals surface area contributed by atoms with Crippen molar-refractivity contribution in [3.05, 3.63) is 54.1 Å². The Labute approximate surface area is 146 Å². The first-order valence-electron chi connectivity index (χ1n) is 7.04. The number of nitrogens with one attached hydrogen (secondary N) is 3. The summed E-state index contributed by atoms with van der Waals surface area (Å²) in [6.07, 6.45) is 0.968. The van der Waals surface area contributed by atoms with Crippen molar-refractivity contribution >= 4 is 37.3 Å². The molecule has 0 saturated carbocycles. The second-order valence-corrected chi connectivity index (χ2v) is 8.56. The number of sulfonamides is 2. The van der Waals surface area contributed by atoms with E-state index in [9.17, 15) is 21.6 Å². The molecule has 0 aliphatic carbocycles. The number of rotatable bonds is 6. The quantitative estimate of drug-likeness (QED) is 0.692. The van der Waals surface area contributed by atoms with Crippen LogP contribution in [0, 0.1) is 0 Å². The summed E-state index contributed by atoms with van der Waals surface area (Å²) < 4.78 is 52.3. The Morgan fingerprint density at radius 2 is 1.36 bits per heavy atom. The van der Waals surface area contributed by atoms with E-state index in [1.54, 1.807) is 12.1 Å². The topological polar surface area (TPSA) is 121 Å². The van der Waals surface area contributed by atoms with Gasteiger partial charge in [-0.2, -0.15) is 0 Å². The van der Waals surface area contributed by atoms with E-state index in [2.05, 4.69) is 14.8 Å². The van der Waals surface area contributed by atoms with Crippen molar-refractivity contribution in [2.24, 2.45) is 0 Å². The van der Waals surface area contributed by atoms with Gasteiger partial charge in [0.1, 0.15) is 0 Å². The lowest BCUT2D eigenvalue weighted by molar-refractivity contribution is 0.0963. The third kappa shape index (κ3) is 4.94. The van der Waals surface area contributed by atoms with Gasteiger partial charge in [-0.1, -0.05) is 12.1 Å². The first-order valence-corrected chi connectivity index (χ1v) is 10.4. The fourth-order valence-corrected chi connectivity index (χ4v) is 3.65. The molecule has 2 rings (SSSR count). The zero-order valence-electron chi connectivity index (χ0n) is 13.5. The summed E-state index contributed by atoms with van der Waals surface area (Å²) in [5.74, 6) is -0.334. The molecule has 25 heavy (non-hydrogen) atoms. The summed E-state index contributed by atoms with van der Waals surface area (Å²) in [7, 11) is -6.05. The van der Waals surface area contributed by atoms with Crippen LogP contribution < -0.4 is 14.8 Å². The SMILES string of the molecule is CNC(=O)c1ccc(S(=O)(=O)Nc2ccccc2NS(C)(=O)=O)cc1. The van der Waals surface area contributed by atoms with Crippen LogP contribution >= 0.6 is 0 Å². The van der Waals surface area contributed by atoms with E-state index in [1.165, 1.54) is 43.4 Å². The Hall–Kier alpha value is -2.59. The van der Waals surface area contributed by atoms with Gasteiger partial charge in [0.05, 0.1) is 22.5 Å². The predicted octanol–water partition coefficient (Wildman–Crippen LogP) is 1.22. The predicted molar refractivity (Wildman–Crippen MR) is 95.5 cm³/mol. The van der Waals surface area contributed by atoms with E-state index in [4.69, 9.17) is 0 Å². The molecule has 0 heterocycles. The molecule has 0 bridgehead atoms. The highest BCUT2D eigenvalue weighted by atomic mass is 32.2. The summed E-state index contributed by atoms with van der Waals surface area (Å²) in [4.78, 5) is 11.4. The number of anilines is 2. The zero-order valence-corrected chi connectivity index (χ0v) is 15.1. The van der Waals surface area contributed by atoms with Crippen molar-refractivity contribution in [2.75, 3.05) is 22.7 Å². The molecule has 10 heteroatoms. The Morgan fingerprint density at radius 1 is 0.840 bits per heavy atom. The van der Waals surface area contributed by atoms with Gasteiger partial charge in [-0.25, -0.2) is 16.8 Å². The molecule has 2 aromatic carbocycles. The minimum Gasteiger partial charge on any atom is -0.355 e. The van der Waals surface area contributed by atoms with Crippen molar-refractivity contribution in [2.45, 2.75) is 4.90 Å². The van der Waals surface area contributed by atoms with Gasteiger partial charge < -0.3 is 5.32 Å². The number of hydrogen-bond acceptors (Lipinski definition) is 5. The average molecular weight is 383 g/mol. The zero-order chi connectivity index (χ0) is 18.7. The lowest BCUT2D eigenvalue weighted by Gasteiger charge is -2.13. The van der Waals surface area contributed by atoms with Gasteiger partial charge in [0.25, 0.3) is 15.9 Å².